The molecule has 7 heteroatoms. The Labute approximate surface area is 211 Å². The van der Waals surface area contributed by atoms with Crippen molar-refractivity contribution < 1.29 is 9.18 Å². The number of rotatable bonds is 8. The van der Waals surface area contributed by atoms with E-state index in [9.17, 15) is 14.0 Å². The van der Waals surface area contributed by atoms with Gasteiger partial charge in [-0.1, -0.05) is 58.4 Å². The van der Waals surface area contributed by atoms with Crippen LogP contribution in [0.25, 0.3) is 16.6 Å². The molecule has 0 saturated heterocycles. The predicted molar refractivity (Wildman–Crippen MR) is 141 cm³/mol. The first-order valence-electron chi connectivity index (χ1n) is 12.2. The van der Waals surface area contributed by atoms with Gasteiger partial charge in [0.2, 0.25) is 5.91 Å². The fourth-order valence-electron chi connectivity index (χ4n) is 4.75. The van der Waals surface area contributed by atoms with Crippen LogP contribution in [0.5, 0.6) is 0 Å². The van der Waals surface area contributed by atoms with Gasteiger partial charge in [0.15, 0.2) is 0 Å². The number of carbonyl (C=O) groups is 1. The summed E-state index contributed by atoms with van der Waals surface area (Å²) in [6.07, 6.45) is 2.12. The largest absolute Gasteiger partial charge is 0.333 e. The van der Waals surface area contributed by atoms with Crippen LogP contribution in [0.1, 0.15) is 72.7 Å². The lowest BCUT2D eigenvalue weighted by Gasteiger charge is -2.32. The predicted octanol–water partition coefficient (Wildman–Crippen LogP) is 6.94. The van der Waals surface area contributed by atoms with Crippen molar-refractivity contribution >= 4 is 28.4 Å². The van der Waals surface area contributed by atoms with E-state index in [4.69, 9.17) is 16.6 Å². The summed E-state index contributed by atoms with van der Waals surface area (Å²) in [5.41, 5.74) is 0.800. The Hall–Kier alpha value is -2.73. The first kappa shape index (κ1) is 26.9. The smallest absolute Gasteiger partial charge is 0.266 e. The van der Waals surface area contributed by atoms with E-state index in [1.165, 1.54) is 22.8 Å². The molecule has 1 aromatic heterocycles. The molecular weight excluding hydrogens is 465 g/mol. The molecule has 35 heavy (non-hydrogen) atoms. The maximum absolute atomic E-state index is 13.9. The van der Waals surface area contributed by atoms with Gasteiger partial charge >= 0.3 is 0 Å². The first-order chi connectivity index (χ1) is 16.4. The van der Waals surface area contributed by atoms with Crippen LogP contribution in [0.15, 0.2) is 47.3 Å². The summed E-state index contributed by atoms with van der Waals surface area (Å²) in [7, 11) is 0. The molecule has 0 fully saturated rings. The summed E-state index contributed by atoms with van der Waals surface area (Å²) < 4.78 is 15.4. The number of carbonyl (C=O) groups excluding carboxylic acids is 1. The Bertz CT molecular complexity index is 1270. The molecule has 0 spiro atoms. The van der Waals surface area contributed by atoms with Gasteiger partial charge in [-0.2, -0.15) is 0 Å². The standard InChI is InChI=1S/C28H35ClFN3O2/c1-7-14-32(25(34)15-18(2)17-28(4,5)6)19(3)26-31-24-11-9-8-10-21(24)27(35)33(26)20-12-13-23(30)22(29)16-20/h8-13,16,18-19H,7,14-15,17H2,1-6H3. The maximum Gasteiger partial charge on any atom is 0.266 e. The van der Waals surface area contributed by atoms with Gasteiger partial charge in [-0.15, -0.1) is 0 Å². The molecule has 0 bridgehead atoms. The van der Waals surface area contributed by atoms with E-state index in [0.29, 0.717) is 35.4 Å². The highest BCUT2D eigenvalue weighted by molar-refractivity contribution is 6.30. The van der Waals surface area contributed by atoms with Crippen LogP contribution in [0.2, 0.25) is 5.02 Å². The highest BCUT2D eigenvalue weighted by Crippen LogP contribution is 2.29. The number of nitrogens with zero attached hydrogens (tertiary/aromatic N) is 3. The zero-order valence-electron chi connectivity index (χ0n) is 21.4. The minimum atomic E-state index is -0.567. The molecule has 0 aliphatic carbocycles. The molecule has 188 valence electrons. The summed E-state index contributed by atoms with van der Waals surface area (Å²) in [6, 6.07) is 10.8. The molecule has 2 aromatic carbocycles. The molecule has 1 heterocycles. The molecule has 2 atom stereocenters. The van der Waals surface area contributed by atoms with Gasteiger partial charge < -0.3 is 4.90 Å². The van der Waals surface area contributed by atoms with Crippen molar-refractivity contribution in [3.05, 3.63) is 69.5 Å². The van der Waals surface area contributed by atoms with Gasteiger partial charge in [-0.05, 0) is 61.4 Å². The van der Waals surface area contributed by atoms with Crippen LogP contribution in [0.4, 0.5) is 4.39 Å². The minimum absolute atomic E-state index is 0.0298. The van der Waals surface area contributed by atoms with Crippen molar-refractivity contribution in [1.29, 1.82) is 0 Å². The lowest BCUT2D eigenvalue weighted by Crippen LogP contribution is -2.38. The van der Waals surface area contributed by atoms with E-state index in [1.807, 2.05) is 19.9 Å². The van der Waals surface area contributed by atoms with E-state index in [2.05, 4.69) is 27.7 Å². The summed E-state index contributed by atoms with van der Waals surface area (Å²) in [5, 5.41) is 0.356. The highest BCUT2D eigenvalue weighted by Gasteiger charge is 2.28. The van der Waals surface area contributed by atoms with Crippen molar-refractivity contribution in [3.8, 4) is 5.69 Å². The highest BCUT2D eigenvalue weighted by atomic mass is 35.5. The van der Waals surface area contributed by atoms with Gasteiger partial charge in [-0.25, -0.2) is 9.37 Å². The SMILES string of the molecule is CCCN(C(=O)CC(C)CC(C)(C)C)C(C)c1nc2ccccc2c(=O)n1-c1ccc(F)c(Cl)c1. The number of fused-ring (bicyclic) bond motifs is 1. The lowest BCUT2D eigenvalue weighted by molar-refractivity contribution is -0.134. The van der Waals surface area contributed by atoms with Crippen LogP contribution in [-0.2, 0) is 4.79 Å². The molecule has 5 nitrogen and oxygen atoms in total. The van der Waals surface area contributed by atoms with Gasteiger partial charge in [0.25, 0.3) is 5.56 Å². The molecule has 3 rings (SSSR count). The van der Waals surface area contributed by atoms with Gasteiger partial charge in [0.1, 0.15) is 11.6 Å². The summed E-state index contributed by atoms with van der Waals surface area (Å²) in [6.45, 7) is 13.1. The van der Waals surface area contributed by atoms with Gasteiger partial charge in [0.05, 0.1) is 27.7 Å². The number of hydrogen-bond donors (Lipinski definition) is 0. The van der Waals surface area contributed by atoms with Crippen LogP contribution in [0, 0.1) is 17.2 Å². The molecule has 0 N–H and O–H groups in total. The Morgan fingerprint density at radius 2 is 1.86 bits per heavy atom. The summed E-state index contributed by atoms with van der Waals surface area (Å²) in [5.74, 6) is 0.1000. The quantitative estimate of drug-likeness (QED) is 0.337. The second-order valence-corrected chi connectivity index (χ2v) is 11.0. The molecule has 0 aliphatic heterocycles. The van der Waals surface area contributed by atoms with Crippen LogP contribution in [0.3, 0.4) is 0 Å². The van der Waals surface area contributed by atoms with Crippen molar-refractivity contribution in [2.24, 2.45) is 11.3 Å². The van der Waals surface area contributed by atoms with Crippen molar-refractivity contribution in [3.63, 3.8) is 0 Å². The van der Waals surface area contributed by atoms with E-state index in [-0.39, 0.29) is 27.8 Å². The monoisotopic (exact) mass is 499 g/mol. The fourth-order valence-corrected chi connectivity index (χ4v) is 4.93. The minimum Gasteiger partial charge on any atom is -0.333 e. The van der Waals surface area contributed by atoms with Crippen molar-refractivity contribution in [1.82, 2.24) is 14.5 Å². The van der Waals surface area contributed by atoms with Crippen LogP contribution in [-0.4, -0.2) is 26.9 Å². The molecule has 3 aromatic rings. The number of para-hydroxylation sites is 1. The van der Waals surface area contributed by atoms with Crippen LogP contribution < -0.4 is 5.56 Å². The average Bonchev–Trinajstić information content (AvgIpc) is 2.77. The zero-order chi connectivity index (χ0) is 25.9. The summed E-state index contributed by atoms with van der Waals surface area (Å²) >= 11 is 6.06. The summed E-state index contributed by atoms with van der Waals surface area (Å²) in [4.78, 5) is 33.7. The zero-order valence-corrected chi connectivity index (χ0v) is 22.2. The van der Waals surface area contributed by atoms with Crippen LogP contribution >= 0.6 is 11.6 Å². The van der Waals surface area contributed by atoms with E-state index < -0.39 is 11.9 Å². The second-order valence-electron chi connectivity index (χ2n) is 10.6. The van der Waals surface area contributed by atoms with E-state index in [1.54, 1.807) is 23.1 Å². The van der Waals surface area contributed by atoms with Gasteiger partial charge in [-0.3, -0.25) is 14.2 Å². The number of amides is 1. The first-order valence-corrected chi connectivity index (χ1v) is 12.6. The number of halogens is 2. The topological polar surface area (TPSA) is 55.2 Å². The van der Waals surface area contributed by atoms with E-state index in [0.717, 1.165) is 12.8 Å². The van der Waals surface area contributed by atoms with Gasteiger partial charge in [0, 0.05) is 13.0 Å². The molecule has 0 radical (unpaired) electrons. The third-order valence-electron chi connectivity index (χ3n) is 6.07. The number of benzene rings is 2. The maximum atomic E-state index is 13.9. The Balaban J connectivity index is 2.12. The Morgan fingerprint density at radius 3 is 2.49 bits per heavy atom. The third kappa shape index (κ3) is 6.29. The fraction of sp³-hybridized carbons (Fsp3) is 0.464. The molecule has 0 saturated carbocycles. The second kappa shape index (κ2) is 10.9. The Kier molecular flexibility index (Phi) is 8.37. The average molecular weight is 500 g/mol. The number of hydrogen-bond acceptors (Lipinski definition) is 3. The Morgan fingerprint density at radius 1 is 1.17 bits per heavy atom. The third-order valence-corrected chi connectivity index (χ3v) is 6.36. The normalized spacial score (nSPS) is 13.6. The molecule has 2 unspecified atom stereocenters. The lowest BCUT2D eigenvalue weighted by atomic mass is 9.84. The number of aromatic nitrogens is 2. The van der Waals surface area contributed by atoms with Crippen molar-refractivity contribution in [2.75, 3.05) is 6.54 Å². The molecule has 1 amide bonds. The van der Waals surface area contributed by atoms with Crippen molar-refractivity contribution in [2.45, 2.75) is 66.8 Å². The molecule has 0 aliphatic rings. The van der Waals surface area contributed by atoms with E-state index >= 15 is 0 Å². The molecular formula is C28H35ClFN3O2.